The minimum absolute atomic E-state index is 0.333. The molecular formula is C9H11NO2S. The molecule has 0 unspecified atom stereocenters. The molecule has 1 heterocycles. The summed E-state index contributed by atoms with van der Waals surface area (Å²) < 4.78 is 4.80. The van der Waals surface area contributed by atoms with Crippen molar-refractivity contribution >= 4 is 22.9 Å². The van der Waals surface area contributed by atoms with E-state index in [-0.39, 0.29) is 0 Å². The van der Waals surface area contributed by atoms with Crippen LogP contribution in [0.15, 0.2) is 12.0 Å². The third-order valence-electron chi connectivity index (χ3n) is 1.40. The Morgan fingerprint density at radius 2 is 2.46 bits per heavy atom. The molecule has 0 fully saturated rings. The first kappa shape index (κ1) is 9.92. The highest BCUT2D eigenvalue weighted by Gasteiger charge is 2.12. The molecule has 0 spiro atoms. The lowest BCUT2D eigenvalue weighted by Crippen LogP contribution is -2.05. The molecule has 0 atom stereocenters. The number of esters is 1. The summed E-state index contributed by atoms with van der Waals surface area (Å²) in [5, 5.41) is 2.51. The van der Waals surface area contributed by atoms with Gasteiger partial charge in [0.1, 0.15) is 5.01 Å². The maximum absolute atomic E-state index is 11.2. The highest BCUT2D eigenvalue weighted by atomic mass is 32.1. The van der Waals surface area contributed by atoms with Crippen molar-refractivity contribution in [3.05, 3.63) is 22.7 Å². The van der Waals surface area contributed by atoms with E-state index in [1.54, 1.807) is 6.92 Å². The number of thiazole rings is 1. The first-order valence-electron chi connectivity index (χ1n) is 3.93. The van der Waals surface area contributed by atoms with Crippen molar-refractivity contribution in [1.82, 2.24) is 4.98 Å². The standard InChI is InChI=1S/C9H11NO2S/c1-4-12-9(11)7(3)8-10-6(2)5-13-8/h5H,3-4H2,1-2H3. The number of aromatic nitrogens is 1. The Hall–Kier alpha value is -1.16. The molecule has 0 N–H and O–H groups in total. The average Bonchev–Trinajstić information content (AvgIpc) is 2.51. The van der Waals surface area contributed by atoms with Gasteiger partial charge in [0, 0.05) is 11.1 Å². The van der Waals surface area contributed by atoms with Gasteiger partial charge in [-0.25, -0.2) is 9.78 Å². The molecule has 0 bridgehead atoms. The molecule has 70 valence electrons. The summed E-state index contributed by atoms with van der Waals surface area (Å²) in [4.78, 5) is 15.3. The SMILES string of the molecule is C=C(C(=O)OCC)c1nc(C)cs1. The molecule has 4 heteroatoms. The number of hydrogen-bond acceptors (Lipinski definition) is 4. The van der Waals surface area contributed by atoms with Crippen LogP contribution in [0.1, 0.15) is 17.6 Å². The average molecular weight is 197 g/mol. The van der Waals surface area contributed by atoms with Crippen LogP contribution in [-0.4, -0.2) is 17.6 Å². The predicted octanol–water partition coefficient (Wildman–Crippen LogP) is 2.03. The van der Waals surface area contributed by atoms with Gasteiger partial charge in [-0.05, 0) is 13.8 Å². The topological polar surface area (TPSA) is 39.2 Å². The van der Waals surface area contributed by atoms with E-state index in [1.807, 2.05) is 12.3 Å². The van der Waals surface area contributed by atoms with E-state index in [1.165, 1.54) is 11.3 Å². The Kier molecular flexibility index (Phi) is 3.19. The van der Waals surface area contributed by atoms with Crippen LogP contribution in [0.2, 0.25) is 0 Å². The van der Waals surface area contributed by atoms with Crippen LogP contribution in [0.3, 0.4) is 0 Å². The third-order valence-corrected chi connectivity index (χ3v) is 2.42. The Bertz CT molecular complexity index is 330. The second-order valence-electron chi connectivity index (χ2n) is 2.49. The van der Waals surface area contributed by atoms with Crippen molar-refractivity contribution in [2.24, 2.45) is 0 Å². The van der Waals surface area contributed by atoms with Crippen LogP contribution in [0.25, 0.3) is 5.57 Å². The van der Waals surface area contributed by atoms with Crippen LogP contribution in [0.4, 0.5) is 0 Å². The Morgan fingerprint density at radius 1 is 1.77 bits per heavy atom. The van der Waals surface area contributed by atoms with Crippen LogP contribution >= 0.6 is 11.3 Å². The Labute approximate surface area is 81.1 Å². The molecule has 0 amide bonds. The van der Waals surface area contributed by atoms with E-state index in [0.717, 1.165) is 5.69 Å². The first-order chi connectivity index (χ1) is 6.15. The van der Waals surface area contributed by atoms with Crippen molar-refractivity contribution in [1.29, 1.82) is 0 Å². The normalized spacial score (nSPS) is 9.69. The van der Waals surface area contributed by atoms with Crippen LogP contribution in [0.5, 0.6) is 0 Å². The number of nitrogens with zero attached hydrogens (tertiary/aromatic N) is 1. The first-order valence-corrected chi connectivity index (χ1v) is 4.81. The van der Waals surface area contributed by atoms with Crippen LogP contribution in [-0.2, 0) is 9.53 Å². The lowest BCUT2D eigenvalue weighted by molar-refractivity contribution is -0.136. The van der Waals surface area contributed by atoms with E-state index < -0.39 is 5.97 Å². The van der Waals surface area contributed by atoms with Gasteiger partial charge in [-0.15, -0.1) is 11.3 Å². The van der Waals surface area contributed by atoms with Crippen molar-refractivity contribution in [2.45, 2.75) is 13.8 Å². The van der Waals surface area contributed by atoms with Gasteiger partial charge in [-0.3, -0.25) is 0 Å². The fourth-order valence-electron chi connectivity index (χ4n) is 0.798. The molecular weight excluding hydrogens is 186 g/mol. The summed E-state index contributed by atoms with van der Waals surface area (Å²) in [5.41, 5.74) is 1.23. The minimum Gasteiger partial charge on any atom is -0.462 e. The molecule has 0 aliphatic rings. The van der Waals surface area contributed by atoms with Crippen molar-refractivity contribution < 1.29 is 9.53 Å². The van der Waals surface area contributed by atoms with Gasteiger partial charge in [0.25, 0.3) is 0 Å². The predicted molar refractivity (Wildman–Crippen MR) is 52.5 cm³/mol. The number of hydrogen-bond donors (Lipinski definition) is 0. The lowest BCUT2D eigenvalue weighted by atomic mass is 10.3. The molecule has 0 saturated heterocycles. The monoisotopic (exact) mass is 197 g/mol. The zero-order valence-corrected chi connectivity index (χ0v) is 8.48. The summed E-state index contributed by atoms with van der Waals surface area (Å²) in [6.07, 6.45) is 0. The molecule has 0 radical (unpaired) electrons. The van der Waals surface area contributed by atoms with E-state index in [4.69, 9.17) is 4.74 Å². The fourth-order valence-corrected chi connectivity index (χ4v) is 1.56. The summed E-state index contributed by atoms with van der Waals surface area (Å²) >= 11 is 1.40. The van der Waals surface area contributed by atoms with Gasteiger partial charge < -0.3 is 4.74 Å². The number of ether oxygens (including phenoxy) is 1. The molecule has 1 aromatic rings. The summed E-state index contributed by atoms with van der Waals surface area (Å²) in [6, 6.07) is 0. The van der Waals surface area contributed by atoms with Gasteiger partial charge >= 0.3 is 5.97 Å². The van der Waals surface area contributed by atoms with Gasteiger partial charge in [-0.1, -0.05) is 6.58 Å². The third kappa shape index (κ3) is 2.39. The van der Waals surface area contributed by atoms with E-state index in [0.29, 0.717) is 17.2 Å². The molecule has 0 aromatic carbocycles. The maximum atomic E-state index is 11.2. The van der Waals surface area contributed by atoms with E-state index in [9.17, 15) is 4.79 Å². The van der Waals surface area contributed by atoms with Gasteiger partial charge in [0.05, 0.1) is 12.2 Å². The van der Waals surface area contributed by atoms with Gasteiger partial charge in [0.2, 0.25) is 0 Å². The van der Waals surface area contributed by atoms with E-state index >= 15 is 0 Å². The zero-order chi connectivity index (χ0) is 9.84. The Balaban J connectivity index is 2.73. The van der Waals surface area contributed by atoms with Crippen molar-refractivity contribution in [2.75, 3.05) is 6.61 Å². The quantitative estimate of drug-likeness (QED) is 0.549. The summed E-state index contributed by atoms with van der Waals surface area (Å²) in [5.74, 6) is -0.392. The smallest absolute Gasteiger partial charge is 0.340 e. The molecule has 0 aliphatic carbocycles. The molecule has 0 aliphatic heterocycles. The summed E-state index contributed by atoms with van der Waals surface area (Å²) in [7, 11) is 0. The number of aryl methyl sites for hydroxylation is 1. The number of carbonyl (C=O) groups excluding carboxylic acids is 1. The number of carbonyl (C=O) groups is 1. The van der Waals surface area contributed by atoms with E-state index in [2.05, 4.69) is 11.6 Å². The molecule has 1 rings (SSSR count). The molecule has 1 aromatic heterocycles. The molecule has 0 saturated carbocycles. The van der Waals surface area contributed by atoms with Crippen LogP contribution in [0, 0.1) is 6.92 Å². The highest BCUT2D eigenvalue weighted by molar-refractivity contribution is 7.11. The fraction of sp³-hybridized carbons (Fsp3) is 0.333. The largest absolute Gasteiger partial charge is 0.462 e. The van der Waals surface area contributed by atoms with Gasteiger partial charge in [0.15, 0.2) is 0 Å². The second-order valence-corrected chi connectivity index (χ2v) is 3.35. The Morgan fingerprint density at radius 3 is 2.92 bits per heavy atom. The number of rotatable bonds is 3. The minimum atomic E-state index is -0.392. The summed E-state index contributed by atoms with van der Waals surface area (Å²) in [6.45, 7) is 7.63. The van der Waals surface area contributed by atoms with Crippen LogP contribution < -0.4 is 0 Å². The van der Waals surface area contributed by atoms with Crippen molar-refractivity contribution in [3.63, 3.8) is 0 Å². The highest BCUT2D eigenvalue weighted by Crippen LogP contribution is 2.18. The zero-order valence-electron chi connectivity index (χ0n) is 7.66. The molecule has 3 nitrogen and oxygen atoms in total. The van der Waals surface area contributed by atoms with Crippen molar-refractivity contribution in [3.8, 4) is 0 Å². The molecule has 13 heavy (non-hydrogen) atoms. The lowest BCUT2D eigenvalue weighted by Gasteiger charge is -2.00. The maximum Gasteiger partial charge on any atom is 0.340 e. The second kappa shape index (κ2) is 4.18. The van der Waals surface area contributed by atoms with Gasteiger partial charge in [-0.2, -0.15) is 0 Å².